The summed E-state index contributed by atoms with van der Waals surface area (Å²) in [6, 6.07) is 15.5. The van der Waals surface area contributed by atoms with E-state index in [2.05, 4.69) is 61.3 Å². The first kappa shape index (κ1) is 11.3. The van der Waals surface area contributed by atoms with Gasteiger partial charge in [-0.25, -0.2) is 0 Å². The van der Waals surface area contributed by atoms with Crippen molar-refractivity contribution in [1.82, 2.24) is 0 Å². The second-order valence-electron chi connectivity index (χ2n) is 5.20. The van der Waals surface area contributed by atoms with Crippen molar-refractivity contribution in [2.24, 2.45) is 0 Å². The third-order valence-electron chi connectivity index (χ3n) is 3.86. The lowest BCUT2D eigenvalue weighted by Gasteiger charge is -2.21. The van der Waals surface area contributed by atoms with Crippen LogP contribution in [-0.4, -0.2) is 7.05 Å². The normalized spacial score (nSPS) is 13.4. The molecule has 0 saturated heterocycles. The van der Waals surface area contributed by atoms with Gasteiger partial charge >= 0.3 is 0 Å². The Balaban J connectivity index is 1.95. The molecule has 0 aromatic heterocycles. The van der Waals surface area contributed by atoms with Crippen LogP contribution in [0.25, 0.3) is 0 Å². The first-order chi connectivity index (χ1) is 8.74. The minimum Gasteiger partial charge on any atom is -0.345 e. The zero-order valence-corrected chi connectivity index (χ0v) is 11.1. The van der Waals surface area contributed by atoms with Crippen LogP contribution in [0.2, 0.25) is 0 Å². The van der Waals surface area contributed by atoms with Gasteiger partial charge in [-0.3, -0.25) is 0 Å². The van der Waals surface area contributed by atoms with E-state index in [4.69, 9.17) is 0 Å². The fourth-order valence-electron chi connectivity index (χ4n) is 2.75. The van der Waals surface area contributed by atoms with Crippen LogP contribution in [0.4, 0.5) is 11.4 Å². The van der Waals surface area contributed by atoms with Gasteiger partial charge in [0.15, 0.2) is 0 Å². The molecule has 0 heterocycles. The molecule has 0 atom stereocenters. The molecule has 0 fully saturated rings. The summed E-state index contributed by atoms with van der Waals surface area (Å²) in [4.78, 5) is 2.27. The second-order valence-corrected chi connectivity index (χ2v) is 5.20. The van der Waals surface area contributed by atoms with Crippen LogP contribution in [0.5, 0.6) is 0 Å². The molecule has 2 aromatic rings. The van der Waals surface area contributed by atoms with Gasteiger partial charge in [0.05, 0.1) is 0 Å². The van der Waals surface area contributed by atoms with Crippen LogP contribution in [0, 0.1) is 6.92 Å². The van der Waals surface area contributed by atoms with Gasteiger partial charge in [0.25, 0.3) is 0 Å². The Kier molecular flexibility index (Phi) is 2.83. The number of nitrogens with zero attached hydrogens (tertiary/aromatic N) is 1. The van der Waals surface area contributed by atoms with Crippen LogP contribution < -0.4 is 4.90 Å². The molecular formula is C17H19N. The Bertz CT molecular complexity index is 572. The molecule has 0 saturated carbocycles. The highest BCUT2D eigenvalue weighted by Crippen LogP contribution is 2.30. The van der Waals surface area contributed by atoms with Gasteiger partial charge in [-0.05, 0) is 67.1 Å². The first-order valence-electron chi connectivity index (χ1n) is 6.66. The minimum atomic E-state index is 1.24. The quantitative estimate of drug-likeness (QED) is 0.754. The SMILES string of the molecule is Cc1cccc(N(C)c2ccc3c(c2)CCC3)c1. The van der Waals surface area contributed by atoms with Crippen molar-refractivity contribution in [3.63, 3.8) is 0 Å². The molecule has 0 spiro atoms. The first-order valence-corrected chi connectivity index (χ1v) is 6.66. The van der Waals surface area contributed by atoms with Crippen molar-refractivity contribution in [3.05, 3.63) is 59.2 Å². The molecule has 0 aliphatic heterocycles. The summed E-state index contributed by atoms with van der Waals surface area (Å²) in [5, 5.41) is 0. The fourth-order valence-corrected chi connectivity index (χ4v) is 2.75. The Labute approximate surface area is 109 Å². The van der Waals surface area contributed by atoms with Crippen LogP contribution in [0.15, 0.2) is 42.5 Å². The molecular weight excluding hydrogens is 218 g/mol. The number of benzene rings is 2. The van der Waals surface area contributed by atoms with E-state index in [1.165, 1.54) is 47.3 Å². The Morgan fingerprint density at radius 2 is 1.67 bits per heavy atom. The largest absolute Gasteiger partial charge is 0.345 e. The number of hydrogen-bond donors (Lipinski definition) is 0. The van der Waals surface area contributed by atoms with Crippen molar-refractivity contribution in [2.45, 2.75) is 26.2 Å². The molecule has 3 rings (SSSR count). The van der Waals surface area contributed by atoms with Gasteiger partial charge in [0.1, 0.15) is 0 Å². The zero-order chi connectivity index (χ0) is 12.5. The molecule has 0 N–H and O–H groups in total. The highest BCUT2D eigenvalue weighted by Gasteiger charge is 2.12. The molecule has 0 bridgehead atoms. The van der Waals surface area contributed by atoms with Crippen molar-refractivity contribution >= 4 is 11.4 Å². The second kappa shape index (κ2) is 4.49. The van der Waals surface area contributed by atoms with Gasteiger partial charge in [0.2, 0.25) is 0 Å². The van der Waals surface area contributed by atoms with E-state index >= 15 is 0 Å². The zero-order valence-electron chi connectivity index (χ0n) is 11.1. The predicted octanol–water partition coefficient (Wildman–Crippen LogP) is 4.25. The topological polar surface area (TPSA) is 3.24 Å². The predicted molar refractivity (Wildman–Crippen MR) is 77.7 cm³/mol. The van der Waals surface area contributed by atoms with Gasteiger partial charge in [-0.1, -0.05) is 18.2 Å². The Morgan fingerprint density at radius 1 is 0.889 bits per heavy atom. The van der Waals surface area contributed by atoms with Crippen LogP contribution in [0.1, 0.15) is 23.1 Å². The molecule has 0 radical (unpaired) electrons. The number of fused-ring (bicyclic) bond motifs is 1. The maximum Gasteiger partial charge on any atom is 0.0411 e. The molecule has 18 heavy (non-hydrogen) atoms. The average molecular weight is 237 g/mol. The van der Waals surface area contributed by atoms with E-state index in [-0.39, 0.29) is 0 Å². The Morgan fingerprint density at radius 3 is 2.50 bits per heavy atom. The van der Waals surface area contributed by atoms with E-state index in [1.54, 1.807) is 0 Å². The summed E-state index contributed by atoms with van der Waals surface area (Å²) in [6.45, 7) is 2.14. The fraction of sp³-hybridized carbons (Fsp3) is 0.294. The van der Waals surface area contributed by atoms with E-state index < -0.39 is 0 Å². The van der Waals surface area contributed by atoms with Crippen LogP contribution in [-0.2, 0) is 12.8 Å². The summed E-state index contributed by atoms with van der Waals surface area (Å²) in [6.07, 6.45) is 3.81. The van der Waals surface area contributed by atoms with Gasteiger partial charge in [-0.15, -0.1) is 0 Å². The summed E-state index contributed by atoms with van der Waals surface area (Å²) in [5.41, 5.74) is 6.93. The summed E-state index contributed by atoms with van der Waals surface area (Å²) in [5.74, 6) is 0. The third kappa shape index (κ3) is 2.01. The maximum atomic E-state index is 2.35. The molecule has 1 nitrogen and oxygen atoms in total. The van der Waals surface area contributed by atoms with Crippen molar-refractivity contribution in [1.29, 1.82) is 0 Å². The average Bonchev–Trinajstić information content (AvgIpc) is 2.85. The molecule has 92 valence electrons. The van der Waals surface area contributed by atoms with Gasteiger partial charge in [0, 0.05) is 18.4 Å². The Hall–Kier alpha value is -1.76. The maximum absolute atomic E-state index is 2.35. The molecule has 2 aromatic carbocycles. The lowest BCUT2D eigenvalue weighted by atomic mass is 10.1. The molecule has 1 heteroatoms. The van der Waals surface area contributed by atoms with Crippen molar-refractivity contribution < 1.29 is 0 Å². The third-order valence-corrected chi connectivity index (χ3v) is 3.86. The van der Waals surface area contributed by atoms with Crippen molar-refractivity contribution in [3.8, 4) is 0 Å². The number of hydrogen-bond acceptors (Lipinski definition) is 1. The monoisotopic (exact) mass is 237 g/mol. The highest BCUT2D eigenvalue weighted by molar-refractivity contribution is 5.64. The smallest absolute Gasteiger partial charge is 0.0411 e. The van der Waals surface area contributed by atoms with Crippen LogP contribution >= 0.6 is 0 Å². The van der Waals surface area contributed by atoms with E-state index in [1.807, 2.05) is 0 Å². The van der Waals surface area contributed by atoms with Crippen LogP contribution in [0.3, 0.4) is 0 Å². The number of rotatable bonds is 2. The summed E-state index contributed by atoms with van der Waals surface area (Å²) < 4.78 is 0. The van der Waals surface area contributed by atoms with E-state index in [0.29, 0.717) is 0 Å². The van der Waals surface area contributed by atoms with E-state index in [0.717, 1.165) is 0 Å². The molecule has 1 aliphatic carbocycles. The van der Waals surface area contributed by atoms with Gasteiger partial charge in [-0.2, -0.15) is 0 Å². The summed E-state index contributed by atoms with van der Waals surface area (Å²) in [7, 11) is 2.14. The van der Waals surface area contributed by atoms with Crippen molar-refractivity contribution in [2.75, 3.05) is 11.9 Å². The lowest BCUT2D eigenvalue weighted by Crippen LogP contribution is -2.09. The van der Waals surface area contributed by atoms with Gasteiger partial charge < -0.3 is 4.90 Å². The molecule has 0 amide bonds. The highest BCUT2D eigenvalue weighted by atomic mass is 15.1. The van der Waals surface area contributed by atoms with E-state index in [9.17, 15) is 0 Å². The molecule has 1 aliphatic rings. The number of anilines is 2. The standard InChI is InChI=1S/C17H19N/c1-13-5-3-8-16(11-13)18(2)17-10-9-14-6-4-7-15(14)12-17/h3,5,8-12H,4,6-7H2,1-2H3. The molecule has 0 unspecified atom stereocenters. The summed E-state index contributed by atoms with van der Waals surface area (Å²) >= 11 is 0. The number of aryl methyl sites for hydroxylation is 3. The minimum absolute atomic E-state index is 1.24. The lowest BCUT2D eigenvalue weighted by molar-refractivity contribution is 0.911.